The first kappa shape index (κ1) is 83.4. The molecule has 0 aliphatic carbocycles. The second-order valence-electron chi connectivity index (χ2n) is 29.4. The van der Waals surface area contributed by atoms with Gasteiger partial charge in [0.05, 0.1) is 77.6 Å². The number of benzene rings is 4. The van der Waals surface area contributed by atoms with Gasteiger partial charge in [-0.15, -0.1) is 34.0 Å². The number of hydrogen-bond donors (Lipinski definition) is 2. The number of amides is 9. The van der Waals surface area contributed by atoms with Crippen molar-refractivity contribution < 1.29 is 110 Å². The molecule has 8 aromatic rings. The Kier molecular flexibility index (Phi) is 24.3. The van der Waals surface area contributed by atoms with Crippen molar-refractivity contribution in [2.75, 3.05) is 151 Å². The third kappa shape index (κ3) is 17.5. The van der Waals surface area contributed by atoms with Gasteiger partial charge in [0, 0.05) is 91.4 Å². The minimum Gasteiger partial charge on any atom is -0.489 e. The van der Waals surface area contributed by atoms with Gasteiger partial charge in [-0.2, -0.15) is 0 Å². The molecule has 7 saturated heterocycles. The Bertz CT molecular complexity index is 5560. The normalized spacial score (nSPS) is 22.5. The maximum Gasteiger partial charge on any atom is 0.415 e. The molecule has 20 rings (SSSR count). The highest BCUT2D eigenvalue weighted by Crippen LogP contribution is 2.47. The van der Waals surface area contributed by atoms with Crippen molar-refractivity contribution in [1.29, 1.82) is 0 Å². The third-order valence-electron chi connectivity index (χ3n) is 21.8. The zero-order valence-corrected chi connectivity index (χ0v) is 70.1. The van der Waals surface area contributed by atoms with Crippen LogP contribution in [0.3, 0.4) is 0 Å². The molecule has 123 heavy (non-hydrogen) atoms. The molecule has 7 fully saturated rings. The summed E-state index contributed by atoms with van der Waals surface area (Å²) in [6.07, 6.45) is -2.18. The van der Waals surface area contributed by atoms with Gasteiger partial charge < -0.3 is 87.2 Å². The number of carbonyl (C=O) groups excluding carboxylic acids is 11. The Morgan fingerprint density at radius 3 is 1.34 bits per heavy atom. The number of anilines is 9. The Labute approximate surface area is 727 Å². The molecule has 4 aromatic carbocycles. The summed E-state index contributed by atoms with van der Waals surface area (Å²) in [6.45, 7) is 6.84. The first-order valence-electron chi connectivity index (χ1n) is 39.0. The van der Waals surface area contributed by atoms with Crippen LogP contribution in [0.25, 0.3) is 0 Å². The third-order valence-corrected chi connectivity index (χ3v) is 25.5. The second kappa shape index (κ2) is 35.9. The largest absolute Gasteiger partial charge is 0.489 e. The number of ether oxygens (including phenoxy) is 11. The molecule has 16 heterocycles. The van der Waals surface area contributed by atoms with E-state index in [1.165, 1.54) is 50.0 Å². The molecule has 0 radical (unpaired) electrons. The van der Waals surface area contributed by atoms with Crippen LogP contribution in [0.4, 0.5) is 69.8 Å². The summed E-state index contributed by atoms with van der Waals surface area (Å²) in [4.78, 5) is 162. The molecule has 0 bridgehead atoms. The number of ketones is 2. The van der Waals surface area contributed by atoms with E-state index < -0.39 is 72.7 Å². The van der Waals surface area contributed by atoms with Crippen LogP contribution in [-0.2, 0) is 62.0 Å². The minimum absolute atomic E-state index is 0.00670. The predicted octanol–water partition coefficient (Wildman–Crippen LogP) is 11.3. The molecule has 2 N–H and O–H groups in total. The fourth-order valence-electron chi connectivity index (χ4n) is 15.7. The van der Waals surface area contributed by atoms with Crippen molar-refractivity contribution in [3.8, 4) is 23.0 Å². The van der Waals surface area contributed by atoms with Crippen molar-refractivity contribution >= 4 is 191 Å². The van der Waals surface area contributed by atoms with E-state index >= 15 is 0 Å². The Balaban J connectivity index is 0.000000116. The summed E-state index contributed by atoms with van der Waals surface area (Å²) in [7, 11) is 1.95. The summed E-state index contributed by atoms with van der Waals surface area (Å²) in [5.41, 5.74) is 5.13. The molecular weight excluding hydrogens is 1720 g/mol. The number of morpholine rings is 3. The zero-order chi connectivity index (χ0) is 85.4. The monoisotopic (exact) mass is 1800 g/mol. The number of cyclic esters (lactones) is 4. The first-order chi connectivity index (χ1) is 59.5. The summed E-state index contributed by atoms with van der Waals surface area (Å²) < 4.78 is 62.1. The number of nitrogens with one attached hydrogen (secondary N) is 2. The van der Waals surface area contributed by atoms with Crippen molar-refractivity contribution in [2.45, 2.75) is 81.2 Å². The number of thiophene rings is 3. The summed E-state index contributed by atoms with van der Waals surface area (Å²) in [5.74, 6) is 1.73. The molecule has 12 aliphatic heterocycles. The summed E-state index contributed by atoms with van der Waals surface area (Å²) >= 11 is 21.6. The number of hydrogen-bond acceptors (Lipinski definition) is 29. The van der Waals surface area contributed by atoms with E-state index in [4.69, 9.17) is 91.7 Å². The number of rotatable bonds is 16. The summed E-state index contributed by atoms with van der Waals surface area (Å²) in [5, 5.41) is 10.5. The summed E-state index contributed by atoms with van der Waals surface area (Å²) in [6, 6.07) is 33.1. The highest BCUT2D eigenvalue weighted by atomic mass is 35.5. The van der Waals surface area contributed by atoms with Gasteiger partial charge in [0.25, 0.3) is 29.5 Å². The number of oxime groups is 1. The average molecular weight is 1800 g/mol. The topological polar surface area (TPSA) is 374 Å². The number of Topliss-reactive ketones (excluding diaryl/α,β-unsaturated/α-hetero) is 2. The number of aryl methyl sites for hydroxylation is 1. The van der Waals surface area contributed by atoms with Crippen molar-refractivity contribution in [1.82, 2.24) is 9.88 Å². The Morgan fingerprint density at radius 2 is 0.902 bits per heavy atom. The van der Waals surface area contributed by atoms with Crippen LogP contribution in [0.15, 0.2) is 133 Å². The van der Waals surface area contributed by atoms with E-state index in [0.29, 0.717) is 170 Å². The van der Waals surface area contributed by atoms with Crippen LogP contribution < -0.4 is 63.9 Å². The fraction of sp³-hybridized carbons (Fsp3) is 0.354. The Hall–Kier alpha value is -11.9. The van der Waals surface area contributed by atoms with Gasteiger partial charge in [-0.1, -0.05) is 40.0 Å². The van der Waals surface area contributed by atoms with Crippen LogP contribution in [0.2, 0.25) is 13.7 Å². The van der Waals surface area contributed by atoms with Crippen LogP contribution in [0.1, 0.15) is 55.5 Å². The molecule has 12 aliphatic rings. The lowest BCUT2D eigenvalue weighted by Crippen LogP contribution is -2.48. The van der Waals surface area contributed by atoms with Crippen LogP contribution in [0, 0.1) is 6.92 Å². The van der Waals surface area contributed by atoms with Crippen LogP contribution in [0.5, 0.6) is 23.0 Å². The van der Waals surface area contributed by atoms with Gasteiger partial charge in [0.1, 0.15) is 118 Å². The molecule has 9 amide bonds. The maximum absolute atomic E-state index is 12.7. The molecular formula is C82H75Cl3N12O23S3. The Morgan fingerprint density at radius 1 is 0.463 bits per heavy atom. The second-order valence-corrected chi connectivity index (χ2v) is 34.6. The van der Waals surface area contributed by atoms with E-state index in [1.54, 1.807) is 115 Å². The van der Waals surface area contributed by atoms with Gasteiger partial charge in [0.15, 0.2) is 17.4 Å². The van der Waals surface area contributed by atoms with E-state index in [9.17, 15) is 52.7 Å². The molecule has 4 aromatic heterocycles. The van der Waals surface area contributed by atoms with Crippen molar-refractivity contribution in [2.24, 2.45) is 5.16 Å². The smallest absolute Gasteiger partial charge is 0.415 e. The number of carbonyl (C=O) groups is 11. The fourth-order valence-corrected chi connectivity index (χ4v) is 18.6. The average Bonchev–Trinajstić information content (AvgIpc) is 1.63. The lowest BCUT2D eigenvalue weighted by molar-refractivity contribution is -0.126. The molecule has 35 nitrogen and oxygen atoms in total. The predicted molar refractivity (Wildman–Crippen MR) is 450 cm³/mol. The highest BCUT2D eigenvalue weighted by molar-refractivity contribution is 7.20. The lowest BCUT2D eigenvalue weighted by Gasteiger charge is -2.33. The minimum atomic E-state index is -1.07. The number of nitrogens with zero attached hydrogens (tertiary/aromatic N) is 10. The van der Waals surface area contributed by atoms with Crippen molar-refractivity contribution in [3.05, 3.63) is 161 Å². The molecule has 8 atom stereocenters. The zero-order valence-electron chi connectivity index (χ0n) is 65.4. The number of halogens is 3. The van der Waals surface area contributed by atoms with Crippen LogP contribution in [-0.4, -0.2) is 236 Å². The number of likely N-dealkylation sites (N-methyl/N-ethyl adjacent to an activating group) is 1. The number of amidine groups is 1. The number of pyridine rings is 1. The van der Waals surface area contributed by atoms with Gasteiger partial charge in [-0.3, -0.25) is 53.2 Å². The van der Waals surface area contributed by atoms with Crippen molar-refractivity contribution in [3.63, 3.8) is 0 Å². The van der Waals surface area contributed by atoms with Gasteiger partial charge >= 0.3 is 24.4 Å². The molecule has 0 spiro atoms. The SMILES string of the molecule is CN1CCON=C1c1ccc2c(c1)OC[C@H]1[C@H](CCC(=O)c3ccc(Cl)s3)OC(=O)N21.Cc1ccc(C(=O)CC[C@@H]2OC(=O)N3c4ccc(N5CCOCC5=O)cc4OC[C@H]23)s1.O=C(Nc1ccc(Cl)cn1)[C@@H]1OC(=O)N2c3ccc(N4CCOCC4=O)cc3OC[C@@H]12.O=C(Nc1ccc(Cl)s1)[C@@H]1OC(=O)N2c3ccc(N4CCOCC4=O)cc3OC[C@@H]12. The van der Waals surface area contributed by atoms with Gasteiger partial charge in [0.2, 0.25) is 12.2 Å². The maximum atomic E-state index is 12.7. The van der Waals surface area contributed by atoms with E-state index in [1.807, 2.05) is 49.2 Å². The van der Waals surface area contributed by atoms with E-state index in [-0.39, 0.29) is 87.4 Å². The molecule has 0 unspecified atom stereocenters. The van der Waals surface area contributed by atoms with Gasteiger partial charge in [-0.05, 0) is 123 Å². The van der Waals surface area contributed by atoms with E-state index in [0.717, 1.165) is 21.9 Å². The quantitative estimate of drug-likeness (QED) is 0.0670. The lowest BCUT2D eigenvalue weighted by atomic mass is 10.0. The van der Waals surface area contributed by atoms with Gasteiger partial charge in [-0.25, -0.2) is 24.2 Å². The standard InChI is InChI=1S/C22H22N2O6S.C21H20ClN3O5S.C20H17ClN4O6.C19H16ClN3O6S/c1-13-2-7-20(31-13)17(25)5-6-18-16-11-29-19-10-14(23-8-9-28-12-21(23)26)3-4-15(19)24(16)22(27)30-18;1-24-8-9-29-23-20(24)12-2-3-13-17(10-12)28-11-14-16(30-21(27)25(13)14)5-4-15(26)18-6-7-19(22)31-18;21-11-1-4-16(22-8-11)23-19(27)18-14-9-30-15-7-12(24-5-6-29-10-17(24)26)2-3-13(15)25(14)20(28)31-18;20-14-3-4-15(30-14)21-18(25)17-12-8-28-13-7-10(22-5-6-27-9-16(22)24)1-2-11(13)23(12)19(26)29-17/h2-4,7,10,16,18H,5-6,8-9,11-12H2,1H3;2-3,6-7,10,14,16H,4-5,8-9,11H2,1H3;1-4,7-8,14,18H,5-6,9-10H2,(H,22,23,27);1-4,7,12,17H,5-6,8-9H2,(H,21,25)/t16-,18+;14-,16-;14-,18+;12-,17+/m1000/s1. The van der Waals surface area contributed by atoms with E-state index in [2.05, 4.69) is 20.8 Å². The first-order valence-corrected chi connectivity index (χ1v) is 42.6. The molecule has 41 heteroatoms. The molecule has 640 valence electrons. The molecule has 0 saturated carbocycles. The number of aromatic nitrogens is 1. The van der Waals surface area contributed by atoms with Crippen LogP contribution >= 0.6 is 68.8 Å². The highest BCUT2D eigenvalue weighted by Gasteiger charge is 2.53. The number of fused-ring (bicyclic) bond motifs is 12.